The maximum Gasteiger partial charge on any atom is 0.400 e. The number of allylic oxidation sites excluding steroid dienone is 2. The second kappa shape index (κ2) is 4.30. The maximum atomic E-state index is 12.8. The van der Waals surface area contributed by atoms with Gasteiger partial charge in [0.2, 0.25) is 0 Å². The summed E-state index contributed by atoms with van der Waals surface area (Å²) in [7, 11) is 0. The van der Waals surface area contributed by atoms with Gasteiger partial charge in [-0.3, -0.25) is 0 Å². The Morgan fingerprint density at radius 1 is 0.750 bits per heavy atom. The summed E-state index contributed by atoms with van der Waals surface area (Å²) >= 11 is 0. The third-order valence-corrected chi connectivity index (χ3v) is 3.99. The molecule has 0 saturated heterocycles. The molecule has 4 atom stereocenters. The summed E-state index contributed by atoms with van der Waals surface area (Å²) in [6.45, 7) is 0. The van der Waals surface area contributed by atoms with E-state index in [1.807, 2.05) is 0 Å². The predicted molar refractivity (Wildman–Crippen MR) is 49.4 cm³/mol. The fourth-order valence-electron chi connectivity index (χ4n) is 3.40. The first-order valence-electron chi connectivity index (χ1n) is 5.72. The summed E-state index contributed by atoms with van der Waals surface area (Å²) in [4.78, 5) is 0. The highest BCUT2D eigenvalue weighted by atomic mass is 19.4. The van der Waals surface area contributed by atoms with Gasteiger partial charge in [-0.2, -0.15) is 39.5 Å². The summed E-state index contributed by atoms with van der Waals surface area (Å²) in [5, 5.41) is 0. The molecule has 0 aromatic carbocycles. The lowest BCUT2D eigenvalue weighted by Crippen LogP contribution is -2.49. The maximum absolute atomic E-state index is 12.8. The van der Waals surface area contributed by atoms with Gasteiger partial charge in [-0.25, -0.2) is 0 Å². The van der Waals surface area contributed by atoms with E-state index in [1.54, 1.807) is 0 Å². The second-order valence-corrected chi connectivity index (χ2v) is 5.15. The molecule has 2 aliphatic carbocycles. The van der Waals surface area contributed by atoms with Gasteiger partial charge in [0, 0.05) is 0 Å². The minimum Gasteiger partial charge on any atom is -0.171 e. The molecule has 0 nitrogen and oxygen atoms in total. The van der Waals surface area contributed by atoms with Crippen molar-refractivity contribution in [2.24, 2.45) is 29.6 Å². The van der Waals surface area contributed by atoms with E-state index in [1.165, 1.54) is 0 Å². The first-order chi connectivity index (χ1) is 8.83. The standard InChI is InChI=1S/C11H9F9/c12-9(13,14)7-5-2-1-4(3-5)6(7)8(10(15,16)17)11(18,19)20/h1-2,4-8H,3H2. The molecule has 2 rings (SSSR count). The minimum atomic E-state index is -5.75. The average Bonchev–Trinajstić information content (AvgIpc) is 2.70. The van der Waals surface area contributed by atoms with Gasteiger partial charge < -0.3 is 0 Å². The molecule has 1 saturated carbocycles. The van der Waals surface area contributed by atoms with Gasteiger partial charge in [0.15, 0.2) is 5.92 Å². The largest absolute Gasteiger partial charge is 0.400 e. The van der Waals surface area contributed by atoms with Crippen LogP contribution in [0, 0.1) is 29.6 Å². The van der Waals surface area contributed by atoms with Crippen molar-refractivity contribution in [3.05, 3.63) is 12.2 Å². The van der Waals surface area contributed by atoms with Crippen LogP contribution in [-0.2, 0) is 0 Å². The van der Waals surface area contributed by atoms with E-state index < -0.39 is 48.1 Å². The average molecular weight is 312 g/mol. The molecule has 2 bridgehead atoms. The van der Waals surface area contributed by atoms with Crippen LogP contribution in [0.5, 0.6) is 0 Å². The van der Waals surface area contributed by atoms with Crippen LogP contribution in [0.4, 0.5) is 39.5 Å². The minimum absolute atomic E-state index is 0.308. The molecule has 116 valence electrons. The predicted octanol–water partition coefficient (Wildman–Crippen LogP) is 4.73. The number of rotatable bonds is 1. The molecule has 1 fully saturated rings. The highest BCUT2D eigenvalue weighted by molar-refractivity contribution is 5.17. The molecule has 0 spiro atoms. The molecule has 0 amide bonds. The van der Waals surface area contributed by atoms with Gasteiger partial charge in [-0.05, 0) is 24.2 Å². The second-order valence-electron chi connectivity index (χ2n) is 5.15. The van der Waals surface area contributed by atoms with Crippen LogP contribution in [0.1, 0.15) is 6.42 Å². The van der Waals surface area contributed by atoms with E-state index in [0.717, 1.165) is 12.2 Å². The van der Waals surface area contributed by atoms with Gasteiger partial charge >= 0.3 is 18.5 Å². The van der Waals surface area contributed by atoms with Gasteiger partial charge in [-0.15, -0.1) is 0 Å². The zero-order valence-corrected chi connectivity index (χ0v) is 9.65. The molecule has 0 N–H and O–H groups in total. The normalized spacial score (nSPS) is 34.3. The van der Waals surface area contributed by atoms with Crippen molar-refractivity contribution in [1.29, 1.82) is 0 Å². The Bertz CT molecular complexity index is 386. The fraction of sp³-hybridized carbons (Fsp3) is 0.818. The molecular weight excluding hydrogens is 303 g/mol. The topological polar surface area (TPSA) is 0 Å². The first-order valence-corrected chi connectivity index (χ1v) is 5.72. The van der Waals surface area contributed by atoms with Gasteiger partial charge in [0.25, 0.3) is 0 Å². The molecule has 20 heavy (non-hydrogen) atoms. The van der Waals surface area contributed by atoms with Crippen molar-refractivity contribution in [2.45, 2.75) is 24.9 Å². The molecule has 9 heteroatoms. The van der Waals surface area contributed by atoms with E-state index in [0.29, 0.717) is 0 Å². The van der Waals surface area contributed by atoms with Crippen molar-refractivity contribution in [1.82, 2.24) is 0 Å². The molecule has 0 aromatic heterocycles. The van der Waals surface area contributed by atoms with Crippen molar-refractivity contribution >= 4 is 0 Å². The quantitative estimate of drug-likeness (QED) is 0.485. The van der Waals surface area contributed by atoms with Crippen molar-refractivity contribution < 1.29 is 39.5 Å². The number of alkyl halides is 9. The molecule has 4 unspecified atom stereocenters. The molecule has 2 aliphatic rings. The lowest BCUT2D eigenvalue weighted by molar-refractivity contribution is -0.316. The summed E-state index contributed by atoms with van der Waals surface area (Å²) in [5.41, 5.74) is 0. The Morgan fingerprint density at radius 2 is 1.20 bits per heavy atom. The monoisotopic (exact) mass is 312 g/mol. The van der Waals surface area contributed by atoms with Gasteiger partial charge in [0.05, 0.1) is 5.92 Å². The zero-order valence-electron chi connectivity index (χ0n) is 9.65. The fourth-order valence-corrected chi connectivity index (χ4v) is 3.40. The van der Waals surface area contributed by atoms with Crippen LogP contribution < -0.4 is 0 Å². The Morgan fingerprint density at radius 3 is 1.60 bits per heavy atom. The number of halogens is 9. The summed E-state index contributed by atoms with van der Waals surface area (Å²) in [5.74, 6) is -11.7. The lowest BCUT2D eigenvalue weighted by Gasteiger charge is -2.37. The zero-order chi connectivity index (χ0) is 15.5. The molecular formula is C11H9F9. The third-order valence-electron chi connectivity index (χ3n) is 3.99. The number of fused-ring (bicyclic) bond motifs is 2. The van der Waals surface area contributed by atoms with E-state index in [2.05, 4.69) is 0 Å². The van der Waals surface area contributed by atoms with Crippen LogP contribution in [0.2, 0.25) is 0 Å². The van der Waals surface area contributed by atoms with Crippen LogP contribution in [0.25, 0.3) is 0 Å². The Balaban J connectivity index is 2.45. The highest BCUT2D eigenvalue weighted by Crippen LogP contribution is 2.61. The van der Waals surface area contributed by atoms with Crippen LogP contribution >= 0.6 is 0 Å². The SMILES string of the molecule is FC(F)(F)C1C2C=CC(C2)C1C(C(F)(F)F)C(F)(F)F. The Kier molecular flexibility index (Phi) is 3.33. The summed E-state index contributed by atoms with van der Waals surface area (Å²) < 4.78 is 114. The molecule has 0 aromatic rings. The van der Waals surface area contributed by atoms with Crippen molar-refractivity contribution in [3.8, 4) is 0 Å². The van der Waals surface area contributed by atoms with Crippen LogP contribution in [0.15, 0.2) is 12.2 Å². The number of hydrogen-bond acceptors (Lipinski definition) is 0. The van der Waals surface area contributed by atoms with E-state index in [-0.39, 0.29) is 6.42 Å². The molecule has 0 aliphatic heterocycles. The smallest absolute Gasteiger partial charge is 0.171 e. The van der Waals surface area contributed by atoms with Crippen LogP contribution in [-0.4, -0.2) is 18.5 Å². The third kappa shape index (κ3) is 2.50. The summed E-state index contributed by atoms with van der Waals surface area (Å²) in [6.07, 6.45) is -14.8. The number of hydrogen-bond donors (Lipinski definition) is 0. The van der Waals surface area contributed by atoms with E-state index in [9.17, 15) is 39.5 Å². The molecule has 0 heterocycles. The summed E-state index contributed by atoms with van der Waals surface area (Å²) in [6, 6.07) is 0. The van der Waals surface area contributed by atoms with Crippen molar-refractivity contribution in [2.75, 3.05) is 0 Å². The molecule has 0 radical (unpaired) electrons. The Labute approximate surface area is 107 Å². The lowest BCUT2D eigenvalue weighted by atomic mass is 9.74. The van der Waals surface area contributed by atoms with Crippen molar-refractivity contribution in [3.63, 3.8) is 0 Å². The van der Waals surface area contributed by atoms with Crippen LogP contribution in [0.3, 0.4) is 0 Å². The highest BCUT2D eigenvalue weighted by Gasteiger charge is 2.69. The van der Waals surface area contributed by atoms with E-state index >= 15 is 0 Å². The van der Waals surface area contributed by atoms with E-state index in [4.69, 9.17) is 0 Å². The first kappa shape index (κ1) is 15.5. The Hall–Kier alpha value is -0.890. The van der Waals surface area contributed by atoms with Gasteiger partial charge in [0.1, 0.15) is 0 Å². The van der Waals surface area contributed by atoms with Gasteiger partial charge in [-0.1, -0.05) is 12.2 Å².